The molecule has 2 unspecified atom stereocenters. The lowest BCUT2D eigenvalue weighted by molar-refractivity contribution is -0.396. The Morgan fingerprint density at radius 2 is 1.40 bits per heavy atom. The number of carbonyl (C=O) groups is 2. The third-order valence-corrected chi connectivity index (χ3v) is 16.6. The topological polar surface area (TPSA) is 59.1 Å². The fourth-order valence-electron chi connectivity index (χ4n) is 12.4. The van der Waals surface area contributed by atoms with Crippen molar-refractivity contribution in [3.63, 3.8) is 0 Å². The Hall–Kier alpha value is -5.57. The lowest BCUT2D eigenvalue weighted by Crippen LogP contribution is -2.60. The summed E-state index contributed by atoms with van der Waals surface area (Å²) in [6.45, 7) is 5.11. The van der Waals surface area contributed by atoms with Crippen LogP contribution in [0.25, 0.3) is 5.57 Å². The van der Waals surface area contributed by atoms with E-state index in [4.69, 9.17) is 9.47 Å². The van der Waals surface area contributed by atoms with E-state index < -0.39 is 66.7 Å². The van der Waals surface area contributed by atoms with Crippen LogP contribution in [-0.2, 0) is 29.2 Å². The number of rotatable bonds is 22. The van der Waals surface area contributed by atoms with Crippen molar-refractivity contribution >= 4 is 17.5 Å². The SMILES string of the molecule is C[C@H]1[C@@H](c2ccccc2)N(C(=O)[C@H](CCCCCCC=CCC2=C3c4ccc(OCc5ccccc5)cc4CCC3C3CC[C@H](OCc4ccccc4)[C@@]3(C)C2)CCC(F)(F)C(F)(F)C(F)(F)C(F)(F)F)C(=O)N1C. The number of benzene rings is 4. The average Bonchev–Trinajstić information content (AvgIpc) is 3.86. The van der Waals surface area contributed by atoms with Crippen molar-refractivity contribution in [2.45, 2.75) is 159 Å². The molecule has 7 atom stereocenters. The number of hydrogen-bond donors (Lipinski definition) is 0. The maximum absolute atomic E-state index is 15.0. The first-order chi connectivity index (χ1) is 35.7. The predicted octanol–water partition coefficient (Wildman–Crippen LogP) is 16.2. The zero-order valence-corrected chi connectivity index (χ0v) is 42.8. The summed E-state index contributed by atoms with van der Waals surface area (Å²) in [4.78, 5) is 29.9. The van der Waals surface area contributed by atoms with E-state index in [2.05, 4.69) is 49.4 Å². The van der Waals surface area contributed by atoms with Crippen LogP contribution in [0.5, 0.6) is 5.75 Å². The molecule has 8 rings (SSSR count). The molecule has 1 heterocycles. The Morgan fingerprint density at radius 1 is 0.760 bits per heavy atom. The van der Waals surface area contributed by atoms with E-state index in [0.717, 1.165) is 60.3 Å². The van der Waals surface area contributed by atoms with Gasteiger partial charge in [-0.3, -0.25) is 9.69 Å². The first-order valence-corrected chi connectivity index (χ1v) is 26.3. The van der Waals surface area contributed by atoms with Crippen molar-refractivity contribution in [1.29, 1.82) is 0 Å². The van der Waals surface area contributed by atoms with Gasteiger partial charge in [-0.1, -0.05) is 141 Å². The number of amides is 3. The number of hydrogen-bond acceptors (Lipinski definition) is 4. The van der Waals surface area contributed by atoms with Gasteiger partial charge in [-0.2, -0.15) is 39.5 Å². The van der Waals surface area contributed by atoms with Crippen LogP contribution in [-0.4, -0.2) is 64.9 Å². The van der Waals surface area contributed by atoms with Gasteiger partial charge in [0, 0.05) is 24.8 Å². The van der Waals surface area contributed by atoms with Gasteiger partial charge >= 0.3 is 30.0 Å². The molecule has 4 aliphatic rings. The van der Waals surface area contributed by atoms with Crippen molar-refractivity contribution in [1.82, 2.24) is 9.80 Å². The molecule has 3 aliphatic carbocycles. The van der Waals surface area contributed by atoms with Crippen molar-refractivity contribution in [2.24, 2.45) is 23.2 Å². The second-order valence-electron chi connectivity index (χ2n) is 21.4. The first kappa shape index (κ1) is 55.7. The van der Waals surface area contributed by atoms with Crippen LogP contribution >= 0.6 is 0 Å². The van der Waals surface area contributed by atoms with Crippen LogP contribution in [0, 0.1) is 23.2 Å². The number of carbonyl (C=O) groups excluding carboxylic acids is 2. The summed E-state index contributed by atoms with van der Waals surface area (Å²) >= 11 is 0. The molecule has 2 fully saturated rings. The quantitative estimate of drug-likeness (QED) is 0.0447. The summed E-state index contributed by atoms with van der Waals surface area (Å²) in [6.07, 6.45) is 2.48. The average molecular weight is 1050 g/mol. The fraction of sp³-hybridized carbons (Fsp3) is 0.500. The van der Waals surface area contributed by atoms with E-state index in [1.165, 1.54) is 34.2 Å². The van der Waals surface area contributed by atoms with Crippen LogP contribution in [0.3, 0.4) is 0 Å². The van der Waals surface area contributed by atoms with Crippen LogP contribution in [0.1, 0.15) is 131 Å². The zero-order valence-electron chi connectivity index (χ0n) is 42.8. The van der Waals surface area contributed by atoms with Gasteiger partial charge in [0.05, 0.1) is 24.8 Å². The Labute approximate surface area is 434 Å². The van der Waals surface area contributed by atoms with Crippen molar-refractivity contribution in [2.75, 3.05) is 7.05 Å². The highest BCUT2D eigenvalue weighted by Gasteiger charge is 2.81. The normalized spacial score (nSPS) is 23.6. The van der Waals surface area contributed by atoms with E-state index in [-0.39, 0.29) is 24.4 Å². The molecule has 0 N–H and O–H groups in total. The fourth-order valence-corrected chi connectivity index (χ4v) is 12.4. The minimum atomic E-state index is -7.04. The Bertz CT molecular complexity index is 2640. The lowest BCUT2D eigenvalue weighted by Gasteiger charge is -2.48. The summed E-state index contributed by atoms with van der Waals surface area (Å²) in [6, 6.07) is 32.9. The number of urea groups is 1. The molecular weight excluding hydrogens is 984 g/mol. The van der Waals surface area contributed by atoms with Crippen LogP contribution in [0.4, 0.5) is 44.3 Å². The molecule has 0 aromatic heterocycles. The summed E-state index contributed by atoms with van der Waals surface area (Å²) < 4.78 is 138. The summed E-state index contributed by atoms with van der Waals surface area (Å²) in [5, 5.41) is 0. The number of ether oxygens (including phenoxy) is 2. The zero-order chi connectivity index (χ0) is 53.8. The molecule has 15 heteroatoms. The van der Waals surface area contributed by atoms with Crippen LogP contribution in [0.2, 0.25) is 0 Å². The maximum Gasteiger partial charge on any atom is 0.460 e. The number of nitrogens with zero attached hydrogens (tertiary/aromatic N) is 2. The minimum Gasteiger partial charge on any atom is -0.489 e. The minimum absolute atomic E-state index is 0.0504. The third-order valence-electron chi connectivity index (χ3n) is 16.6. The Kier molecular flexibility index (Phi) is 17.0. The Balaban J connectivity index is 0.935. The van der Waals surface area contributed by atoms with Crippen molar-refractivity contribution < 1.29 is 58.6 Å². The van der Waals surface area contributed by atoms with Gasteiger partial charge in [0.2, 0.25) is 5.91 Å². The van der Waals surface area contributed by atoms with E-state index in [1.54, 1.807) is 37.3 Å². The monoisotopic (exact) mass is 1050 g/mol. The highest BCUT2D eigenvalue weighted by molar-refractivity contribution is 5.98. The maximum atomic E-state index is 15.0. The summed E-state index contributed by atoms with van der Waals surface area (Å²) in [5.74, 6) is -20.5. The molecule has 4 aromatic carbocycles. The predicted molar refractivity (Wildman–Crippen MR) is 270 cm³/mol. The van der Waals surface area contributed by atoms with Gasteiger partial charge < -0.3 is 14.4 Å². The van der Waals surface area contributed by atoms with Gasteiger partial charge in [0.25, 0.3) is 0 Å². The molecule has 4 aromatic rings. The highest BCUT2D eigenvalue weighted by Crippen LogP contribution is 2.62. The van der Waals surface area contributed by atoms with Crippen LogP contribution in [0.15, 0.2) is 127 Å². The van der Waals surface area contributed by atoms with Crippen molar-refractivity contribution in [3.8, 4) is 5.75 Å². The molecule has 1 aliphatic heterocycles. The smallest absolute Gasteiger partial charge is 0.460 e. The summed E-state index contributed by atoms with van der Waals surface area (Å²) in [7, 11) is 1.44. The largest absolute Gasteiger partial charge is 0.489 e. The first-order valence-electron chi connectivity index (χ1n) is 26.3. The van der Waals surface area contributed by atoms with Gasteiger partial charge in [0.15, 0.2) is 0 Å². The number of imide groups is 1. The molecule has 0 bridgehead atoms. The number of allylic oxidation sites excluding steroid dienone is 4. The summed E-state index contributed by atoms with van der Waals surface area (Å²) in [5.41, 5.74) is 8.14. The number of halogens is 9. The van der Waals surface area contributed by atoms with Gasteiger partial charge in [-0.15, -0.1) is 0 Å². The van der Waals surface area contributed by atoms with E-state index in [1.807, 2.05) is 48.5 Å². The second-order valence-corrected chi connectivity index (χ2v) is 21.4. The second kappa shape index (κ2) is 23.0. The molecule has 1 saturated heterocycles. The Morgan fingerprint density at radius 3 is 2.07 bits per heavy atom. The molecule has 0 spiro atoms. The lowest BCUT2D eigenvalue weighted by atomic mass is 9.57. The number of alkyl halides is 9. The number of unbranched alkanes of at least 4 members (excludes halogenated alkanes) is 4. The number of likely N-dealkylation sites (N-methyl/N-ethyl adjacent to an activating group) is 1. The molecule has 3 amide bonds. The molecule has 1 saturated carbocycles. The van der Waals surface area contributed by atoms with E-state index >= 15 is 0 Å². The van der Waals surface area contributed by atoms with Gasteiger partial charge in [-0.25, -0.2) is 4.79 Å². The standard InChI is InChI=1S/C60H67F9N2O4/c1-40-53(43-24-18-11-19-25-43)71(55(73)70(40)3)54(72)44(34-35-57(61,62)58(63,64)59(65,66)60(67,68)69)26-16-7-5-4-6-8-17-27-46-37-56(2)50(32-33-51(56)75-39-42-22-14-10-15-23-42)49-30-28-45-36-47(29-31-48(45)52(46)49)74-38-41-20-12-9-13-21-41/h8-15,17-25,29,31,36,40,44,49-51,53H,4-7,16,26-28,30,32-35,37-39H2,1-3H3/t40-,44+,49?,50?,51-,53-,56-/m0/s1. The molecular formula is C60H67F9N2O4. The third kappa shape index (κ3) is 11.6. The number of fused-ring (bicyclic) bond motifs is 5. The number of aryl methyl sites for hydroxylation is 1. The van der Waals surface area contributed by atoms with Gasteiger partial charge in [0.1, 0.15) is 12.4 Å². The van der Waals surface area contributed by atoms with E-state index in [9.17, 15) is 49.1 Å². The highest BCUT2D eigenvalue weighted by atomic mass is 19.4. The molecule has 6 nitrogen and oxygen atoms in total. The van der Waals surface area contributed by atoms with Crippen LogP contribution < -0.4 is 4.74 Å². The molecule has 0 radical (unpaired) electrons. The van der Waals surface area contributed by atoms with Gasteiger partial charge in [-0.05, 0) is 128 Å². The molecule has 75 heavy (non-hydrogen) atoms. The van der Waals surface area contributed by atoms with E-state index in [0.29, 0.717) is 56.3 Å². The van der Waals surface area contributed by atoms with Crippen molar-refractivity contribution in [3.05, 3.63) is 155 Å². The molecule has 404 valence electrons.